The number of hydrogen-bond donors (Lipinski definition) is 3. The smallest absolute Gasteiger partial charge is 0.307 e. The molecule has 0 saturated heterocycles. The van der Waals surface area contributed by atoms with Crippen LogP contribution in [0.2, 0.25) is 0 Å². The van der Waals surface area contributed by atoms with Crippen LogP contribution < -0.4 is 0 Å². The molecule has 0 aromatic rings. The van der Waals surface area contributed by atoms with E-state index in [1.54, 1.807) is 21.1 Å². The molecule has 0 saturated carbocycles. The Balaban J connectivity index is 5.14. The minimum absolute atomic E-state index is 0.00354. The van der Waals surface area contributed by atoms with Gasteiger partial charge in [0.1, 0.15) is 6.54 Å². The van der Waals surface area contributed by atoms with Gasteiger partial charge < -0.3 is 14.7 Å². The maximum absolute atomic E-state index is 10.9. The lowest BCUT2D eigenvalue weighted by atomic mass is 10.2. The molecule has 15 heavy (non-hydrogen) atoms. The molecule has 0 heterocycles. The second-order valence-corrected chi connectivity index (χ2v) is 6.15. The minimum Gasteiger partial charge on any atom is -0.481 e. The third-order valence-electron chi connectivity index (χ3n) is 1.63. The zero-order valence-corrected chi connectivity index (χ0v) is 9.65. The van der Waals surface area contributed by atoms with Gasteiger partial charge in [-0.2, -0.15) is 8.42 Å². The van der Waals surface area contributed by atoms with Gasteiger partial charge in [-0.1, -0.05) is 0 Å². The molecular formula is C7H16NO6S+. The Morgan fingerprint density at radius 3 is 1.93 bits per heavy atom. The fourth-order valence-electron chi connectivity index (χ4n) is 1.21. The zero-order valence-electron chi connectivity index (χ0n) is 8.84. The summed E-state index contributed by atoms with van der Waals surface area (Å²) in [6.07, 6.45) is -1.05. The summed E-state index contributed by atoms with van der Waals surface area (Å²) in [4.78, 5) is 7.75. The molecule has 0 rings (SSSR count). The van der Waals surface area contributed by atoms with Gasteiger partial charge >= 0.3 is 16.1 Å². The molecule has 0 aliphatic heterocycles. The summed E-state index contributed by atoms with van der Waals surface area (Å²) in [5.74, 6) is -1.50. The van der Waals surface area contributed by atoms with Crippen LogP contribution in [-0.2, 0) is 14.9 Å². The normalized spacial score (nSPS) is 17.1. The van der Waals surface area contributed by atoms with Crippen LogP contribution in [0.4, 0.5) is 0 Å². The summed E-state index contributed by atoms with van der Waals surface area (Å²) in [7, 11) is -0.131. The first-order valence-corrected chi connectivity index (χ1v) is 5.53. The summed E-state index contributed by atoms with van der Waals surface area (Å²) < 4.78 is 30.6. The molecule has 0 radical (unpaired) electrons. The molecule has 1 atom stereocenters. The quantitative estimate of drug-likeness (QED) is 0.410. The van der Waals surface area contributed by atoms with E-state index in [1.165, 1.54) is 0 Å². The van der Waals surface area contributed by atoms with Gasteiger partial charge in [-0.05, 0) is 0 Å². The fourth-order valence-corrected chi connectivity index (χ4v) is 2.06. The average molecular weight is 242 g/mol. The van der Waals surface area contributed by atoms with E-state index in [1.807, 2.05) is 0 Å². The van der Waals surface area contributed by atoms with Crippen LogP contribution >= 0.6 is 0 Å². The Kier molecular flexibility index (Phi) is 3.86. The van der Waals surface area contributed by atoms with Crippen molar-refractivity contribution in [2.75, 3.05) is 27.7 Å². The van der Waals surface area contributed by atoms with Gasteiger partial charge in [-0.15, -0.1) is 0 Å². The van der Waals surface area contributed by atoms with E-state index >= 15 is 0 Å². The van der Waals surface area contributed by atoms with Gasteiger partial charge in [0.2, 0.25) is 0 Å². The van der Waals surface area contributed by atoms with Gasteiger partial charge in [0.05, 0.1) is 27.6 Å². The third kappa shape index (κ3) is 4.56. The topological polar surface area (TPSA) is 112 Å². The lowest BCUT2D eigenvalue weighted by Gasteiger charge is -2.32. The fraction of sp³-hybridized carbons (Fsp3) is 0.857. The Hall–Kier alpha value is -0.700. The number of hydrogen-bond acceptors (Lipinski definition) is 4. The highest BCUT2D eigenvalue weighted by molar-refractivity contribution is 7.87. The number of carbonyl (C=O) groups is 1. The molecule has 8 heteroatoms. The van der Waals surface area contributed by atoms with Crippen molar-refractivity contribution in [3.8, 4) is 0 Å². The maximum Gasteiger partial charge on any atom is 0.307 e. The molecule has 0 fully saturated rings. The maximum atomic E-state index is 10.9. The number of aliphatic hydroxyl groups is 1. The van der Waals surface area contributed by atoms with Gasteiger partial charge in [0.15, 0.2) is 0 Å². The number of carboxylic acids is 1. The Morgan fingerprint density at radius 1 is 1.33 bits per heavy atom. The van der Waals surface area contributed by atoms with Crippen LogP contribution in [0.25, 0.3) is 0 Å². The van der Waals surface area contributed by atoms with E-state index in [9.17, 15) is 18.3 Å². The lowest BCUT2D eigenvalue weighted by molar-refractivity contribution is -0.875. The molecule has 0 aromatic carbocycles. The van der Waals surface area contributed by atoms with Crippen LogP contribution in [0.15, 0.2) is 0 Å². The number of rotatable bonds is 5. The average Bonchev–Trinajstić information content (AvgIpc) is 1.75. The molecule has 0 bridgehead atoms. The van der Waals surface area contributed by atoms with Crippen molar-refractivity contribution in [2.45, 2.75) is 11.4 Å². The van der Waals surface area contributed by atoms with Crippen molar-refractivity contribution in [1.82, 2.24) is 0 Å². The summed E-state index contributed by atoms with van der Waals surface area (Å²) in [5, 5.41) is 18.1. The van der Waals surface area contributed by atoms with E-state index in [-0.39, 0.29) is 4.48 Å². The summed E-state index contributed by atoms with van der Waals surface area (Å²) in [6.45, 7) is -0.419. The highest BCUT2D eigenvalue weighted by Gasteiger charge is 2.47. The molecule has 0 aliphatic carbocycles. The SMILES string of the molecule is C[N+](C)(C)CC(O)(CC(=O)O)S(=O)(=O)O. The molecule has 0 aromatic heterocycles. The molecule has 7 nitrogen and oxygen atoms in total. The summed E-state index contributed by atoms with van der Waals surface area (Å²) >= 11 is 0. The van der Waals surface area contributed by atoms with Gasteiger partial charge in [0, 0.05) is 0 Å². The lowest BCUT2D eigenvalue weighted by Crippen LogP contribution is -2.54. The first-order chi connectivity index (χ1) is 6.37. The van der Waals surface area contributed by atoms with Crippen LogP contribution in [0.5, 0.6) is 0 Å². The number of aliphatic carboxylic acids is 1. The van der Waals surface area contributed by atoms with E-state index in [0.717, 1.165) is 0 Å². The highest BCUT2D eigenvalue weighted by Crippen LogP contribution is 2.20. The monoisotopic (exact) mass is 242 g/mol. The predicted molar refractivity (Wildman–Crippen MR) is 51.7 cm³/mol. The standard InChI is InChI=1S/C7H15NO6S/c1-8(2,3)5-7(11,4-6(9)10)15(12,13)14/h11H,4-5H2,1-3H3,(H-,9,10,12,13,14)/p+1. The molecule has 0 spiro atoms. The van der Waals surface area contributed by atoms with Crippen molar-refractivity contribution < 1.29 is 32.5 Å². The molecule has 0 aliphatic rings. The largest absolute Gasteiger partial charge is 0.481 e. The first kappa shape index (κ1) is 14.3. The van der Waals surface area contributed by atoms with E-state index in [4.69, 9.17) is 9.66 Å². The molecule has 0 amide bonds. The Bertz CT molecular complexity index is 343. The van der Waals surface area contributed by atoms with Crippen molar-refractivity contribution in [2.24, 2.45) is 0 Å². The number of quaternary nitrogens is 1. The van der Waals surface area contributed by atoms with Crippen LogP contribution in [0.3, 0.4) is 0 Å². The predicted octanol–water partition coefficient (Wildman–Crippen LogP) is -1.26. The van der Waals surface area contributed by atoms with Gasteiger partial charge in [-0.3, -0.25) is 9.35 Å². The number of nitrogens with zero attached hydrogens (tertiary/aromatic N) is 1. The van der Waals surface area contributed by atoms with E-state index < -0.39 is 34.0 Å². The molecular weight excluding hydrogens is 226 g/mol. The van der Waals surface area contributed by atoms with E-state index in [0.29, 0.717) is 0 Å². The molecule has 1 unspecified atom stereocenters. The van der Waals surface area contributed by atoms with Crippen molar-refractivity contribution in [1.29, 1.82) is 0 Å². The third-order valence-corrected chi connectivity index (χ3v) is 2.86. The zero-order chi connectivity index (χ0) is 12.5. The Morgan fingerprint density at radius 2 is 1.73 bits per heavy atom. The van der Waals surface area contributed by atoms with Crippen LogP contribution in [0, 0.1) is 0 Å². The van der Waals surface area contributed by atoms with Gasteiger partial charge in [0.25, 0.3) is 4.93 Å². The molecule has 90 valence electrons. The summed E-state index contributed by atoms with van der Waals surface area (Å²) in [6, 6.07) is 0. The first-order valence-electron chi connectivity index (χ1n) is 4.09. The van der Waals surface area contributed by atoms with Gasteiger partial charge in [-0.25, -0.2) is 0 Å². The van der Waals surface area contributed by atoms with E-state index in [2.05, 4.69) is 0 Å². The number of likely N-dealkylation sites (N-methyl/N-ethyl adjacent to an activating group) is 1. The van der Waals surface area contributed by atoms with Crippen LogP contribution in [-0.4, -0.2) is 66.3 Å². The summed E-state index contributed by atoms with van der Waals surface area (Å²) in [5.41, 5.74) is 0. The van der Waals surface area contributed by atoms with Crippen molar-refractivity contribution in [3.63, 3.8) is 0 Å². The highest BCUT2D eigenvalue weighted by atomic mass is 32.2. The second-order valence-electron chi connectivity index (χ2n) is 4.44. The minimum atomic E-state index is -4.83. The van der Waals surface area contributed by atoms with Crippen LogP contribution in [0.1, 0.15) is 6.42 Å². The van der Waals surface area contributed by atoms with Crippen molar-refractivity contribution >= 4 is 16.1 Å². The Labute approximate surface area is 88.3 Å². The number of carboxylic acid groups (broad SMARTS) is 1. The van der Waals surface area contributed by atoms with Crippen molar-refractivity contribution in [3.05, 3.63) is 0 Å². The molecule has 3 N–H and O–H groups in total. The second kappa shape index (κ2) is 4.05.